The van der Waals surface area contributed by atoms with Gasteiger partial charge in [-0.15, -0.1) is 0 Å². The van der Waals surface area contributed by atoms with E-state index < -0.39 is 6.17 Å². The Morgan fingerprint density at radius 3 is 2.85 bits per heavy atom. The molecule has 13 heavy (non-hydrogen) atoms. The maximum atomic E-state index is 13.2. The maximum Gasteiger partial charge on any atom is 0.112 e. The Labute approximate surface area is 81.3 Å². The van der Waals surface area contributed by atoms with Gasteiger partial charge in [0.15, 0.2) is 0 Å². The van der Waals surface area contributed by atoms with Gasteiger partial charge in [0, 0.05) is 12.6 Å². The van der Waals surface area contributed by atoms with Crippen molar-refractivity contribution >= 4 is 0 Å². The Morgan fingerprint density at radius 2 is 2.15 bits per heavy atom. The second-order valence-electron chi connectivity index (χ2n) is 4.20. The van der Waals surface area contributed by atoms with Crippen molar-refractivity contribution < 1.29 is 4.39 Å². The predicted molar refractivity (Wildman–Crippen MR) is 54.7 cm³/mol. The molecule has 1 nitrogen and oxygen atoms in total. The van der Waals surface area contributed by atoms with Crippen LogP contribution in [0.15, 0.2) is 0 Å². The van der Waals surface area contributed by atoms with Crippen LogP contribution < -0.4 is 0 Å². The molecule has 0 N–H and O–H groups in total. The van der Waals surface area contributed by atoms with Gasteiger partial charge in [-0.25, -0.2) is 4.39 Å². The van der Waals surface area contributed by atoms with Crippen LogP contribution in [0.5, 0.6) is 0 Å². The molecule has 0 spiro atoms. The molecule has 0 bridgehead atoms. The lowest BCUT2D eigenvalue weighted by atomic mass is 10.1. The standard InChI is InChI=1S/C11H22FN/c1-3-11(12)9-13-8-6-4-5-7-10(13)2/h10-11H,3-9H2,1-2H3. The van der Waals surface area contributed by atoms with E-state index in [0.29, 0.717) is 19.0 Å². The smallest absolute Gasteiger partial charge is 0.112 e. The SMILES string of the molecule is CCC(F)CN1CCCCCC1C. The summed E-state index contributed by atoms with van der Waals surface area (Å²) in [4.78, 5) is 2.32. The normalized spacial score (nSPS) is 28.4. The number of hydrogen-bond acceptors (Lipinski definition) is 1. The average molecular weight is 187 g/mol. The second-order valence-corrected chi connectivity index (χ2v) is 4.20. The highest BCUT2D eigenvalue weighted by Crippen LogP contribution is 2.17. The van der Waals surface area contributed by atoms with Gasteiger partial charge in [0.05, 0.1) is 0 Å². The molecule has 1 fully saturated rings. The fourth-order valence-corrected chi connectivity index (χ4v) is 1.99. The molecule has 0 radical (unpaired) electrons. The molecule has 0 aromatic heterocycles. The Morgan fingerprint density at radius 1 is 1.38 bits per heavy atom. The van der Waals surface area contributed by atoms with Crippen LogP contribution in [0.3, 0.4) is 0 Å². The first-order valence-corrected chi connectivity index (χ1v) is 5.62. The summed E-state index contributed by atoms with van der Waals surface area (Å²) < 4.78 is 13.2. The molecular weight excluding hydrogens is 165 g/mol. The third kappa shape index (κ3) is 3.63. The van der Waals surface area contributed by atoms with Crippen molar-refractivity contribution in [1.29, 1.82) is 0 Å². The summed E-state index contributed by atoms with van der Waals surface area (Å²) in [5, 5.41) is 0. The highest BCUT2D eigenvalue weighted by atomic mass is 19.1. The zero-order chi connectivity index (χ0) is 9.68. The van der Waals surface area contributed by atoms with Crippen LogP contribution in [-0.4, -0.2) is 30.2 Å². The average Bonchev–Trinajstić information content (AvgIpc) is 2.32. The Kier molecular flexibility index (Phi) is 4.71. The molecule has 78 valence electrons. The van der Waals surface area contributed by atoms with Crippen molar-refractivity contribution in [2.75, 3.05) is 13.1 Å². The van der Waals surface area contributed by atoms with Gasteiger partial charge in [-0.05, 0) is 32.7 Å². The lowest BCUT2D eigenvalue weighted by Crippen LogP contribution is -2.37. The van der Waals surface area contributed by atoms with Gasteiger partial charge in [-0.1, -0.05) is 19.8 Å². The van der Waals surface area contributed by atoms with Gasteiger partial charge in [-0.3, -0.25) is 4.90 Å². The Bertz CT molecular complexity index is 138. The minimum Gasteiger partial charge on any atom is -0.298 e. The zero-order valence-corrected chi connectivity index (χ0v) is 8.93. The van der Waals surface area contributed by atoms with Crippen molar-refractivity contribution in [2.24, 2.45) is 0 Å². The lowest BCUT2D eigenvalue weighted by Gasteiger charge is -2.27. The number of halogens is 1. The summed E-state index contributed by atoms with van der Waals surface area (Å²) in [5.41, 5.74) is 0. The van der Waals surface area contributed by atoms with Crippen LogP contribution >= 0.6 is 0 Å². The van der Waals surface area contributed by atoms with Crippen molar-refractivity contribution in [1.82, 2.24) is 4.90 Å². The number of rotatable bonds is 3. The van der Waals surface area contributed by atoms with Crippen LogP contribution in [0.4, 0.5) is 4.39 Å². The molecule has 0 amide bonds. The zero-order valence-electron chi connectivity index (χ0n) is 8.93. The van der Waals surface area contributed by atoms with E-state index in [-0.39, 0.29) is 0 Å². The molecule has 2 unspecified atom stereocenters. The van der Waals surface area contributed by atoms with E-state index >= 15 is 0 Å². The quantitative estimate of drug-likeness (QED) is 0.656. The molecule has 1 saturated heterocycles. The Balaban J connectivity index is 2.35. The summed E-state index contributed by atoms with van der Waals surface area (Å²) in [5.74, 6) is 0. The highest BCUT2D eigenvalue weighted by Gasteiger charge is 2.19. The topological polar surface area (TPSA) is 3.24 Å². The number of likely N-dealkylation sites (tertiary alicyclic amines) is 1. The molecular formula is C11H22FN. The molecule has 2 atom stereocenters. The molecule has 0 aliphatic carbocycles. The van der Waals surface area contributed by atoms with Crippen molar-refractivity contribution in [3.8, 4) is 0 Å². The molecule has 1 heterocycles. The van der Waals surface area contributed by atoms with E-state index in [1.807, 2.05) is 6.92 Å². The first-order chi connectivity index (χ1) is 6.24. The minimum absolute atomic E-state index is 0.590. The summed E-state index contributed by atoms with van der Waals surface area (Å²) >= 11 is 0. The van der Waals surface area contributed by atoms with E-state index in [0.717, 1.165) is 6.54 Å². The number of nitrogens with zero attached hydrogens (tertiary/aromatic N) is 1. The van der Waals surface area contributed by atoms with Gasteiger partial charge < -0.3 is 0 Å². The lowest BCUT2D eigenvalue weighted by molar-refractivity contribution is 0.151. The molecule has 1 aliphatic heterocycles. The molecule has 0 saturated carbocycles. The molecule has 0 aromatic carbocycles. The van der Waals surface area contributed by atoms with Gasteiger partial charge in [0.2, 0.25) is 0 Å². The number of alkyl halides is 1. The van der Waals surface area contributed by atoms with Gasteiger partial charge in [0.25, 0.3) is 0 Å². The van der Waals surface area contributed by atoms with Gasteiger partial charge in [0.1, 0.15) is 6.17 Å². The van der Waals surface area contributed by atoms with E-state index in [1.165, 1.54) is 25.7 Å². The third-order valence-electron chi connectivity index (χ3n) is 3.07. The summed E-state index contributed by atoms with van der Waals surface area (Å²) in [6, 6.07) is 0.590. The van der Waals surface area contributed by atoms with Crippen LogP contribution in [0.25, 0.3) is 0 Å². The van der Waals surface area contributed by atoms with Gasteiger partial charge in [-0.2, -0.15) is 0 Å². The monoisotopic (exact) mass is 187 g/mol. The van der Waals surface area contributed by atoms with E-state index in [1.54, 1.807) is 0 Å². The van der Waals surface area contributed by atoms with Crippen LogP contribution in [0.1, 0.15) is 46.0 Å². The van der Waals surface area contributed by atoms with Crippen molar-refractivity contribution in [3.05, 3.63) is 0 Å². The summed E-state index contributed by atoms with van der Waals surface area (Å²) in [6.45, 7) is 5.90. The van der Waals surface area contributed by atoms with Crippen molar-refractivity contribution in [2.45, 2.75) is 58.2 Å². The molecule has 0 aromatic rings. The molecule has 1 aliphatic rings. The fourth-order valence-electron chi connectivity index (χ4n) is 1.99. The van der Waals surface area contributed by atoms with Crippen LogP contribution in [0, 0.1) is 0 Å². The predicted octanol–water partition coefficient (Wildman–Crippen LogP) is 3.00. The summed E-state index contributed by atoms with van der Waals surface area (Å²) in [7, 11) is 0. The molecule has 2 heteroatoms. The first kappa shape index (κ1) is 11.0. The third-order valence-corrected chi connectivity index (χ3v) is 3.07. The van der Waals surface area contributed by atoms with E-state index in [4.69, 9.17) is 0 Å². The first-order valence-electron chi connectivity index (χ1n) is 5.62. The number of hydrogen-bond donors (Lipinski definition) is 0. The molecule has 1 rings (SSSR count). The van der Waals surface area contributed by atoms with Crippen LogP contribution in [-0.2, 0) is 0 Å². The van der Waals surface area contributed by atoms with Crippen LogP contribution in [0.2, 0.25) is 0 Å². The minimum atomic E-state index is -0.624. The maximum absolute atomic E-state index is 13.2. The second kappa shape index (κ2) is 5.58. The Hall–Kier alpha value is -0.110. The fraction of sp³-hybridized carbons (Fsp3) is 1.00. The summed E-state index contributed by atoms with van der Waals surface area (Å²) in [6.07, 6.45) is 5.17. The van der Waals surface area contributed by atoms with Crippen molar-refractivity contribution in [3.63, 3.8) is 0 Å². The van der Waals surface area contributed by atoms with E-state index in [2.05, 4.69) is 11.8 Å². The van der Waals surface area contributed by atoms with Gasteiger partial charge >= 0.3 is 0 Å². The largest absolute Gasteiger partial charge is 0.298 e. The highest BCUT2D eigenvalue weighted by molar-refractivity contribution is 4.73. The van der Waals surface area contributed by atoms with E-state index in [9.17, 15) is 4.39 Å².